The summed E-state index contributed by atoms with van der Waals surface area (Å²) in [7, 11) is 1.97. The summed E-state index contributed by atoms with van der Waals surface area (Å²) in [6.07, 6.45) is 1.94. The molecule has 132 valence electrons. The zero-order valence-corrected chi connectivity index (χ0v) is 15.2. The molecule has 1 amide bonds. The minimum absolute atomic E-state index is 0.0762. The van der Waals surface area contributed by atoms with Gasteiger partial charge in [0.15, 0.2) is 0 Å². The Hall–Kier alpha value is -3.08. The van der Waals surface area contributed by atoms with E-state index in [2.05, 4.69) is 34.8 Å². The second-order valence-electron chi connectivity index (χ2n) is 6.82. The van der Waals surface area contributed by atoms with Gasteiger partial charge in [0.2, 0.25) is 0 Å². The summed E-state index contributed by atoms with van der Waals surface area (Å²) in [6.45, 7) is 4.63. The fourth-order valence-corrected chi connectivity index (χ4v) is 3.42. The Kier molecular flexibility index (Phi) is 3.99. The standard InChI is InChI=1S/C21H22N4O/c1-14(2)25-13-16(15-8-4-6-10-18(15)25)21(26)22-12-20-23-17-9-5-7-11-19(17)24(20)3/h4-11,13-14H,12H2,1-3H3,(H,22,26). The molecule has 26 heavy (non-hydrogen) atoms. The molecule has 0 aliphatic carbocycles. The van der Waals surface area contributed by atoms with E-state index < -0.39 is 0 Å². The number of aryl methyl sites for hydroxylation is 1. The van der Waals surface area contributed by atoms with Crippen molar-refractivity contribution in [3.8, 4) is 0 Å². The first-order chi connectivity index (χ1) is 12.6. The maximum Gasteiger partial charge on any atom is 0.253 e. The maximum absolute atomic E-state index is 12.8. The van der Waals surface area contributed by atoms with E-state index in [1.807, 2.05) is 60.3 Å². The molecule has 0 aliphatic rings. The van der Waals surface area contributed by atoms with Gasteiger partial charge >= 0.3 is 0 Å². The minimum atomic E-state index is -0.0762. The highest BCUT2D eigenvalue weighted by molar-refractivity contribution is 6.07. The molecule has 0 aliphatic heterocycles. The van der Waals surface area contributed by atoms with Crippen LogP contribution in [0.3, 0.4) is 0 Å². The fraction of sp³-hybridized carbons (Fsp3) is 0.238. The highest BCUT2D eigenvalue weighted by atomic mass is 16.1. The predicted octanol–water partition coefficient (Wildman–Crippen LogP) is 4.04. The van der Waals surface area contributed by atoms with Gasteiger partial charge in [-0.25, -0.2) is 4.98 Å². The van der Waals surface area contributed by atoms with Crippen molar-refractivity contribution >= 4 is 27.8 Å². The number of imidazole rings is 1. The molecule has 2 aromatic carbocycles. The highest BCUT2D eigenvalue weighted by Crippen LogP contribution is 2.24. The molecule has 0 bridgehead atoms. The van der Waals surface area contributed by atoms with Crippen molar-refractivity contribution < 1.29 is 4.79 Å². The van der Waals surface area contributed by atoms with E-state index in [1.54, 1.807) is 0 Å². The summed E-state index contributed by atoms with van der Waals surface area (Å²) in [5, 5.41) is 4.00. The molecule has 0 atom stereocenters. The van der Waals surface area contributed by atoms with Crippen LogP contribution in [0.1, 0.15) is 36.1 Å². The van der Waals surface area contributed by atoms with E-state index in [1.165, 1.54) is 0 Å². The lowest BCUT2D eigenvalue weighted by Gasteiger charge is -2.08. The Labute approximate surface area is 152 Å². The minimum Gasteiger partial charge on any atom is -0.345 e. The summed E-state index contributed by atoms with van der Waals surface area (Å²) in [4.78, 5) is 17.4. The van der Waals surface area contributed by atoms with Crippen LogP contribution in [-0.4, -0.2) is 20.0 Å². The van der Waals surface area contributed by atoms with Crippen LogP contribution in [-0.2, 0) is 13.6 Å². The smallest absolute Gasteiger partial charge is 0.253 e. The average Bonchev–Trinajstić information content (AvgIpc) is 3.19. The molecule has 0 saturated carbocycles. The molecule has 0 radical (unpaired) electrons. The number of amides is 1. The van der Waals surface area contributed by atoms with Gasteiger partial charge in [-0.3, -0.25) is 4.79 Å². The third kappa shape index (κ3) is 2.65. The van der Waals surface area contributed by atoms with Crippen molar-refractivity contribution in [1.29, 1.82) is 0 Å². The number of fused-ring (bicyclic) bond motifs is 2. The van der Waals surface area contributed by atoms with Gasteiger partial charge in [-0.2, -0.15) is 0 Å². The topological polar surface area (TPSA) is 51.9 Å². The number of hydrogen-bond acceptors (Lipinski definition) is 2. The Morgan fingerprint density at radius 2 is 1.77 bits per heavy atom. The number of rotatable bonds is 4. The van der Waals surface area contributed by atoms with Gasteiger partial charge < -0.3 is 14.5 Å². The first-order valence-electron chi connectivity index (χ1n) is 8.84. The van der Waals surface area contributed by atoms with Crippen LogP contribution >= 0.6 is 0 Å². The average molecular weight is 346 g/mol. The van der Waals surface area contributed by atoms with Crippen molar-refractivity contribution in [2.45, 2.75) is 26.4 Å². The van der Waals surface area contributed by atoms with E-state index in [0.29, 0.717) is 18.2 Å². The van der Waals surface area contributed by atoms with Gasteiger partial charge in [-0.15, -0.1) is 0 Å². The quantitative estimate of drug-likeness (QED) is 0.606. The van der Waals surface area contributed by atoms with Gasteiger partial charge in [0.25, 0.3) is 5.91 Å². The molecule has 0 unspecified atom stereocenters. The molecular formula is C21H22N4O. The third-order valence-corrected chi connectivity index (χ3v) is 4.83. The van der Waals surface area contributed by atoms with Crippen LogP contribution in [0.4, 0.5) is 0 Å². The van der Waals surface area contributed by atoms with Crippen LogP contribution < -0.4 is 5.32 Å². The number of carbonyl (C=O) groups is 1. The van der Waals surface area contributed by atoms with Crippen molar-refractivity contribution in [2.75, 3.05) is 0 Å². The number of hydrogen-bond donors (Lipinski definition) is 1. The van der Waals surface area contributed by atoms with Crippen LogP contribution in [0.25, 0.3) is 21.9 Å². The molecule has 2 aromatic heterocycles. The number of nitrogens with one attached hydrogen (secondary N) is 1. The molecule has 5 nitrogen and oxygen atoms in total. The summed E-state index contributed by atoms with van der Waals surface area (Å²) < 4.78 is 4.16. The molecule has 1 N–H and O–H groups in total. The van der Waals surface area contributed by atoms with Crippen LogP contribution in [0, 0.1) is 0 Å². The Morgan fingerprint density at radius 3 is 2.50 bits per heavy atom. The molecule has 0 saturated heterocycles. The van der Waals surface area contributed by atoms with Gasteiger partial charge in [0.05, 0.1) is 23.1 Å². The first kappa shape index (κ1) is 16.4. The van der Waals surface area contributed by atoms with E-state index in [-0.39, 0.29) is 5.91 Å². The van der Waals surface area contributed by atoms with E-state index >= 15 is 0 Å². The molecule has 0 fully saturated rings. The Morgan fingerprint density at radius 1 is 1.08 bits per heavy atom. The summed E-state index contributed by atoms with van der Waals surface area (Å²) >= 11 is 0. The SMILES string of the molecule is CC(C)n1cc(C(=O)NCc2nc3ccccc3n2C)c2ccccc21. The number of nitrogens with zero attached hydrogens (tertiary/aromatic N) is 3. The number of aromatic nitrogens is 3. The maximum atomic E-state index is 12.8. The predicted molar refractivity (Wildman–Crippen MR) is 104 cm³/mol. The van der Waals surface area contributed by atoms with Gasteiger partial charge in [-0.1, -0.05) is 30.3 Å². The lowest BCUT2D eigenvalue weighted by Crippen LogP contribution is -2.24. The Bertz CT molecular complexity index is 1100. The van der Waals surface area contributed by atoms with Crippen molar-refractivity contribution in [3.05, 3.63) is 66.1 Å². The number of para-hydroxylation sites is 3. The molecule has 4 aromatic rings. The van der Waals surface area contributed by atoms with Gasteiger partial charge in [0.1, 0.15) is 5.82 Å². The van der Waals surface area contributed by atoms with Gasteiger partial charge in [-0.05, 0) is 32.0 Å². The zero-order chi connectivity index (χ0) is 18.3. The highest BCUT2D eigenvalue weighted by Gasteiger charge is 2.16. The molecule has 5 heteroatoms. The van der Waals surface area contributed by atoms with Crippen molar-refractivity contribution in [2.24, 2.45) is 7.05 Å². The summed E-state index contributed by atoms with van der Waals surface area (Å²) in [6, 6.07) is 16.3. The number of carbonyl (C=O) groups excluding carboxylic acids is 1. The van der Waals surface area contributed by atoms with E-state index in [4.69, 9.17) is 0 Å². The number of benzene rings is 2. The fourth-order valence-electron chi connectivity index (χ4n) is 3.42. The van der Waals surface area contributed by atoms with Crippen LogP contribution in [0.2, 0.25) is 0 Å². The molecule has 2 heterocycles. The second-order valence-corrected chi connectivity index (χ2v) is 6.82. The van der Waals surface area contributed by atoms with Crippen LogP contribution in [0.15, 0.2) is 54.7 Å². The third-order valence-electron chi connectivity index (χ3n) is 4.83. The second kappa shape index (κ2) is 6.33. The van der Waals surface area contributed by atoms with Crippen molar-refractivity contribution in [3.63, 3.8) is 0 Å². The zero-order valence-electron chi connectivity index (χ0n) is 15.2. The van der Waals surface area contributed by atoms with Crippen LogP contribution in [0.5, 0.6) is 0 Å². The largest absolute Gasteiger partial charge is 0.345 e. The Balaban J connectivity index is 1.62. The normalized spacial score (nSPS) is 11.5. The molecule has 0 spiro atoms. The molecule has 4 rings (SSSR count). The molecular weight excluding hydrogens is 324 g/mol. The monoisotopic (exact) mass is 346 g/mol. The van der Waals surface area contributed by atoms with E-state index in [0.717, 1.165) is 27.8 Å². The first-order valence-corrected chi connectivity index (χ1v) is 8.84. The van der Waals surface area contributed by atoms with Gasteiger partial charge in [0, 0.05) is 30.2 Å². The van der Waals surface area contributed by atoms with Crippen molar-refractivity contribution in [1.82, 2.24) is 19.4 Å². The lowest BCUT2D eigenvalue weighted by atomic mass is 10.1. The summed E-state index contributed by atoms with van der Waals surface area (Å²) in [5.74, 6) is 0.764. The lowest BCUT2D eigenvalue weighted by molar-refractivity contribution is 0.0951. The van der Waals surface area contributed by atoms with E-state index in [9.17, 15) is 4.79 Å². The summed E-state index contributed by atoms with van der Waals surface area (Å²) in [5.41, 5.74) is 3.78.